The smallest absolute Gasteiger partial charge is 0.220 e. The van der Waals surface area contributed by atoms with E-state index in [1.807, 2.05) is 55.9 Å². The summed E-state index contributed by atoms with van der Waals surface area (Å²) in [6, 6.07) is 9.99. The minimum Gasteiger partial charge on any atom is -0.349 e. The number of carbonyl (C=O) groups excluding carboxylic acids is 1. The predicted octanol–water partition coefficient (Wildman–Crippen LogP) is 2.51. The Morgan fingerprint density at radius 2 is 2.00 bits per heavy atom. The molecule has 27 heavy (non-hydrogen) atoms. The molecule has 3 aromatic rings. The molecule has 142 valence electrons. The van der Waals surface area contributed by atoms with Gasteiger partial charge in [0.2, 0.25) is 5.91 Å². The first-order chi connectivity index (χ1) is 13.0. The van der Waals surface area contributed by atoms with Gasteiger partial charge in [-0.1, -0.05) is 30.3 Å². The molecule has 0 fully saturated rings. The van der Waals surface area contributed by atoms with Crippen molar-refractivity contribution in [1.29, 1.82) is 0 Å². The molecule has 0 unspecified atom stereocenters. The number of benzene rings is 1. The van der Waals surface area contributed by atoms with E-state index < -0.39 is 0 Å². The Morgan fingerprint density at radius 3 is 2.63 bits per heavy atom. The number of amides is 1. The van der Waals surface area contributed by atoms with E-state index in [1.165, 1.54) is 6.33 Å². The number of aromatic nitrogens is 5. The standard InChI is InChI=1S/C20H26N6O/c1-15-18(16(2)25(3)24-15)9-10-20(27)23-19(17-7-5-4-6-8-17)11-12-26-14-21-13-22-26/h4-8,13-14,19H,9-12H2,1-3H3,(H,23,27)/t19-/m0/s1. The van der Waals surface area contributed by atoms with Crippen LogP contribution in [0.4, 0.5) is 0 Å². The van der Waals surface area contributed by atoms with Crippen LogP contribution in [-0.4, -0.2) is 30.5 Å². The summed E-state index contributed by atoms with van der Waals surface area (Å²) in [4.78, 5) is 16.6. The van der Waals surface area contributed by atoms with Crippen LogP contribution in [0.15, 0.2) is 43.0 Å². The number of nitrogens with one attached hydrogen (secondary N) is 1. The van der Waals surface area contributed by atoms with Gasteiger partial charge in [-0.15, -0.1) is 0 Å². The third-order valence-corrected chi connectivity index (χ3v) is 4.91. The van der Waals surface area contributed by atoms with Crippen molar-refractivity contribution < 1.29 is 4.79 Å². The van der Waals surface area contributed by atoms with E-state index in [0.29, 0.717) is 19.4 Å². The van der Waals surface area contributed by atoms with E-state index >= 15 is 0 Å². The topological polar surface area (TPSA) is 77.6 Å². The molecule has 1 atom stereocenters. The lowest BCUT2D eigenvalue weighted by atomic mass is 10.0. The number of hydrogen-bond donors (Lipinski definition) is 1. The van der Waals surface area contributed by atoms with Gasteiger partial charge in [0.25, 0.3) is 0 Å². The molecule has 7 heteroatoms. The van der Waals surface area contributed by atoms with E-state index in [9.17, 15) is 4.79 Å². The zero-order valence-corrected chi connectivity index (χ0v) is 16.1. The molecule has 7 nitrogen and oxygen atoms in total. The summed E-state index contributed by atoms with van der Waals surface area (Å²) >= 11 is 0. The maximum absolute atomic E-state index is 12.6. The maximum atomic E-state index is 12.6. The highest BCUT2D eigenvalue weighted by Crippen LogP contribution is 2.19. The third kappa shape index (κ3) is 4.81. The Kier molecular flexibility index (Phi) is 6.01. The van der Waals surface area contributed by atoms with Crippen LogP contribution in [0.3, 0.4) is 0 Å². The van der Waals surface area contributed by atoms with Crippen LogP contribution >= 0.6 is 0 Å². The van der Waals surface area contributed by atoms with Gasteiger partial charge in [0, 0.05) is 25.7 Å². The number of nitrogens with zero attached hydrogens (tertiary/aromatic N) is 5. The Balaban J connectivity index is 1.63. The fourth-order valence-corrected chi connectivity index (χ4v) is 3.30. The Bertz CT molecular complexity index is 870. The largest absolute Gasteiger partial charge is 0.349 e. The number of aryl methyl sites for hydroxylation is 3. The van der Waals surface area contributed by atoms with Gasteiger partial charge >= 0.3 is 0 Å². The molecule has 0 radical (unpaired) electrons. The molecule has 0 saturated heterocycles. The fraction of sp³-hybridized carbons (Fsp3) is 0.400. The minimum atomic E-state index is -0.0565. The first-order valence-corrected chi connectivity index (χ1v) is 9.20. The van der Waals surface area contributed by atoms with E-state index in [1.54, 1.807) is 11.0 Å². The monoisotopic (exact) mass is 366 g/mol. The van der Waals surface area contributed by atoms with Crippen molar-refractivity contribution in [2.24, 2.45) is 7.05 Å². The molecule has 0 aliphatic carbocycles. The van der Waals surface area contributed by atoms with Gasteiger partial charge in [0.15, 0.2) is 0 Å². The molecular weight excluding hydrogens is 340 g/mol. The number of carbonyl (C=O) groups is 1. The molecular formula is C20H26N6O. The van der Waals surface area contributed by atoms with Gasteiger partial charge in [-0.3, -0.25) is 14.2 Å². The second kappa shape index (κ2) is 8.62. The normalized spacial score (nSPS) is 12.1. The van der Waals surface area contributed by atoms with Crippen molar-refractivity contribution in [1.82, 2.24) is 29.9 Å². The minimum absolute atomic E-state index is 0.0464. The average molecular weight is 366 g/mol. The van der Waals surface area contributed by atoms with Crippen LogP contribution in [0, 0.1) is 13.8 Å². The van der Waals surface area contributed by atoms with Crippen molar-refractivity contribution in [2.45, 2.75) is 45.7 Å². The summed E-state index contributed by atoms with van der Waals surface area (Å²) in [5.74, 6) is 0.0464. The first kappa shape index (κ1) is 18.8. The highest BCUT2D eigenvalue weighted by atomic mass is 16.1. The van der Waals surface area contributed by atoms with Gasteiger partial charge in [-0.25, -0.2) is 4.98 Å². The molecule has 0 aliphatic heterocycles. The molecule has 1 N–H and O–H groups in total. The average Bonchev–Trinajstić information content (AvgIpc) is 3.26. The van der Waals surface area contributed by atoms with Crippen LogP contribution in [0.5, 0.6) is 0 Å². The summed E-state index contributed by atoms with van der Waals surface area (Å²) in [7, 11) is 1.93. The second-order valence-electron chi connectivity index (χ2n) is 6.75. The zero-order valence-electron chi connectivity index (χ0n) is 16.1. The van der Waals surface area contributed by atoms with Gasteiger partial charge < -0.3 is 5.32 Å². The van der Waals surface area contributed by atoms with Crippen LogP contribution in [0.2, 0.25) is 0 Å². The first-order valence-electron chi connectivity index (χ1n) is 9.20. The zero-order chi connectivity index (χ0) is 19.2. The van der Waals surface area contributed by atoms with Crippen molar-refractivity contribution in [3.05, 3.63) is 65.5 Å². The van der Waals surface area contributed by atoms with Crippen LogP contribution in [-0.2, 0) is 24.8 Å². The molecule has 0 aliphatic rings. The fourth-order valence-electron chi connectivity index (χ4n) is 3.30. The molecule has 0 bridgehead atoms. The Morgan fingerprint density at radius 1 is 1.22 bits per heavy atom. The highest BCUT2D eigenvalue weighted by Gasteiger charge is 2.16. The maximum Gasteiger partial charge on any atom is 0.220 e. The Labute approximate surface area is 159 Å². The summed E-state index contributed by atoms with van der Waals surface area (Å²) in [5.41, 5.74) is 4.37. The number of hydrogen-bond acceptors (Lipinski definition) is 4. The molecule has 1 aromatic carbocycles. The van der Waals surface area contributed by atoms with Crippen molar-refractivity contribution in [2.75, 3.05) is 0 Å². The summed E-state index contributed by atoms with van der Waals surface area (Å²) in [5, 5.41) is 11.8. The van der Waals surface area contributed by atoms with Gasteiger partial charge in [0.05, 0.1) is 11.7 Å². The quantitative estimate of drug-likeness (QED) is 0.664. The summed E-state index contributed by atoms with van der Waals surface area (Å²) in [6.07, 6.45) is 5.11. The highest BCUT2D eigenvalue weighted by molar-refractivity contribution is 5.76. The van der Waals surface area contributed by atoms with Crippen molar-refractivity contribution in [3.63, 3.8) is 0 Å². The third-order valence-electron chi connectivity index (χ3n) is 4.91. The van der Waals surface area contributed by atoms with E-state index in [0.717, 1.165) is 28.9 Å². The molecule has 0 saturated carbocycles. The lowest BCUT2D eigenvalue weighted by Crippen LogP contribution is -2.29. The van der Waals surface area contributed by atoms with Crippen LogP contribution in [0.25, 0.3) is 0 Å². The SMILES string of the molecule is Cc1nn(C)c(C)c1CCC(=O)N[C@@H](CCn1cncn1)c1ccccc1. The van der Waals surface area contributed by atoms with Crippen LogP contribution < -0.4 is 5.32 Å². The predicted molar refractivity (Wildman–Crippen MR) is 103 cm³/mol. The molecule has 1 amide bonds. The number of rotatable bonds is 8. The Hall–Kier alpha value is -2.96. The second-order valence-corrected chi connectivity index (χ2v) is 6.75. The lowest BCUT2D eigenvalue weighted by molar-refractivity contribution is -0.121. The summed E-state index contributed by atoms with van der Waals surface area (Å²) in [6.45, 7) is 4.73. The van der Waals surface area contributed by atoms with Crippen molar-refractivity contribution >= 4 is 5.91 Å². The summed E-state index contributed by atoms with van der Waals surface area (Å²) < 4.78 is 3.65. The van der Waals surface area contributed by atoms with Crippen molar-refractivity contribution in [3.8, 4) is 0 Å². The lowest BCUT2D eigenvalue weighted by Gasteiger charge is -2.19. The van der Waals surface area contributed by atoms with Gasteiger partial charge in [-0.05, 0) is 37.8 Å². The molecule has 3 rings (SSSR count). The molecule has 2 heterocycles. The van der Waals surface area contributed by atoms with E-state index in [4.69, 9.17) is 0 Å². The van der Waals surface area contributed by atoms with Gasteiger partial charge in [-0.2, -0.15) is 10.2 Å². The molecule has 0 spiro atoms. The van der Waals surface area contributed by atoms with E-state index in [2.05, 4.69) is 20.5 Å². The van der Waals surface area contributed by atoms with Gasteiger partial charge in [0.1, 0.15) is 12.7 Å². The van der Waals surface area contributed by atoms with Crippen LogP contribution in [0.1, 0.15) is 41.4 Å². The molecule has 2 aromatic heterocycles. The van der Waals surface area contributed by atoms with E-state index in [-0.39, 0.29) is 11.9 Å².